The van der Waals surface area contributed by atoms with Gasteiger partial charge in [-0.15, -0.1) is 0 Å². The van der Waals surface area contributed by atoms with Gasteiger partial charge >= 0.3 is 6.09 Å². The minimum atomic E-state index is -0.682. The highest BCUT2D eigenvalue weighted by Crippen LogP contribution is 2.36. The number of nitrogens with zero attached hydrogens (tertiary/aromatic N) is 4. The minimum Gasteiger partial charge on any atom is -0.441 e. The Bertz CT molecular complexity index is 1240. The molecule has 0 bridgehead atoms. The van der Waals surface area contributed by atoms with E-state index >= 15 is 0 Å². The monoisotopic (exact) mass is 456 g/mol. The molecule has 1 aliphatic rings. The molecule has 4 rings (SSSR count). The summed E-state index contributed by atoms with van der Waals surface area (Å²) in [4.78, 5) is 42.3. The van der Waals surface area contributed by atoms with Crippen LogP contribution >= 0.6 is 11.6 Å². The lowest BCUT2D eigenvalue weighted by molar-refractivity contribution is 0.0592. The predicted molar refractivity (Wildman–Crippen MR) is 123 cm³/mol. The van der Waals surface area contributed by atoms with Crippen LogP contribution in [0.4, 0.5) is 16.7 Å². The Morgan fingerprint density at radius 2 is 1.94 bits per heavy atom. The third-order valence-corrected chi connectivity index (χ3v) is 5.83. The summed E-state index contributed by atoms with van der Waals surface area (Å²) in [6.45, 7) is 9.60. The number of benzene rings is 1. The summed E-state index contributed by atoms with van der Waals surface area (Å²) >= 11 is 6.09. The maximum absolute atomic E-state index is 12.6. The van der Waals surface area contributed by atoms with Crippen molar-refractivity contribution in [3.8, 4) is 0 Å². The minimum absolute atomic E-state index is 0.117. The van der Waals surface area contributed by atoms with E-state index in [1.807, 2.05) is 34.6 Å². The van der Waals surface area contributed by atoms with E-state index in [0.717, 1.165) is 5.39 Å². The van der Waals surface area contributed by atoms with Crippen molar-refractivity contribution in [2.45, 2.75) is 52.3 Å². The number of pyridine rings is 1. The van der Waals surface area contributed by atoms with Crippen molar-refractivity contribution in [2.75, 3.05) is 10.2 Å². The molecule has 1 fully saturated rings. The van der Waals surface area contributed by atoms with Crippen LogP contribution in [0.3, 0.4) is 0 Å². The average molecular weight is 457 g/mol. The molecule has 0 unspecified atom stereocenters. The van der Waals surface area contributed by atoms with Gasteiger partial charge in [-0.1, -0.05) is 25.4 Å². The second-order valence-corrected chi connectivity index (χ2v) is 9.23. The van der Waals surface area contributed by atoms with Crippen molar-refractivity contribution in [3.63, 3.8) is 0 Å². The molecule has 32 heavy (non-hydrogen) atoms. The molecule has 3 heterocycles. The number of aromatic amines is 1. The molecule has 0 spiro atoms. The van der Waals surface area contributed by atoms with Gasteiger partial charge in [0.2, 0.25) is 11.9 Å². The fourth-order valence-corrected chi connectivity index (χ4v) is 4.51. The van der Waals surface area contributed by atoms with Crippen LogP contribution in [-0.2, 0) is 4.74 Å². The molecule has 0 saturated carbocycles. The molecule has 2 N–H and O–H groups in total. The molecule has 0 aliphatic carbocycles. The SMILES string of the molecule is CC(C)[C@@H]1N(c2ncnc(N[C@@H](C)c3cc4cc(Cl)ccc4[nH]c3=O)n2)C(=O)OC1(C)C. The summed E-state index contributed by atoms with van der Waals surface area (Å²) in [6.07, 6.45) is 0.833. The zero-order chi connectivity index (χ0) is 23.2. The summed E-state index contributed by atoms with van der Waals surface area (Å²) in [6, 6.07) is 6.41. The zero-order valence-electron chi connectivity index (χ0n) is 18.5. The van der Waals surface area contributed by atoms with Crippen LogP contribution in [0.25, 0.3) is 10.9 Å². The maximum atomic E-state index is 12.6. The molecule has 1 saturated heterocycles. The predicted octanol–water partition coefficient (Wildman–Crippen LogP) is 4.30. The Morgan fingerprint density at radius 1 is 1.19 bits per heavy atom. The molecule has 168 valence electrons. The zero-order valence-corrected chi connectivity index (χ0v) is 19.3. The Hall–Kier alpha value is -3.20. The number of hydrogen-bond donors (Lipinski definition) is 2. The summed E-state index contributed by atoms with van der Waals surface area (Å²) < 4.78 is 5.56. The molecule has 9 nitrogen and oxygen atoms in total. The number of carbonyl (C=O) groups is 1. The van der Waals surface area contributed by atoms with E-state index in [4.69, 9.17) is 16.3 Å². The summed E-state index contributed by atoms with van der Waals surface area (Å²) in [5, 5.41) is 4.53. The highest BCUT2D eigenvalue weighted by molar-refractivity contribution is 6.31. The first-order chi connectivity index (χ1) is 15.1. The van der Waals surface area contributed by atoms with E-state index in [0.29, 0.717) is 16.1 Å². The number of fused-ring (bicyclic) bond motifs is 1. The van der Waals surface area contributed by atoms with Gasteiger partial charge in [0, 0.05) is 21.5 Å². The normalized spacial score (nSPS) is 18.8. The number of nitrogens with one attached hydrogen (secondary N) is 2. The Morgan fingerprint density at radius 3 is 2.66 bits per heavy atom. The molecule has 1 aliphatic heterocycles. The number of anilines is 2. The molecule has 1 aromatic carbocycles. The molecule has 3 aromatic rings. The second kappa shape index (κ2) is 8.05. The standard InChI is InChI=1S/C22H25ClN6O3/c1-11(2)17-22(4,5)32-21(31)29(17)20-25-10-24-19(28-20)26-12(3)15-9-13-8-14(23)6-7-16(13)27-18(15)30/h6-12,17H,1-5H3,(H,27,30)(H,24,25,26,28)/t12-,17-/m0/s1. The lowest BCUT2D eigenvalue weighted by Gasteiger charge is -2.30. The molecule has 0 radical (unpaired) electrons. The van der Waals surface area contributed by atoms with Crippen molar-refractivity contribution in [3.05, 3.63) is 51.5 Å². The van der Waals surface area contributed by atoms with Crippen LogP contribution in [0.5, 0.6) is 0 Å². The van der Waals surface area contributed by atoms with Gasteiger partial charge in [0.15, 0.2) is 0 Å². The van der Waals surface area contributed by atoms with Crippen molar-refractivity contribution in [2.24, 2.45) is 5.92 Å². The number of hydrogen-bond acceptors (Lipinski definition) is 7. The molecule has 2 aromatic heterocycles. The second-order valence-electron chi connectivity index (χ2n) is 8.79. The fraction of sp³-hybridized carbons (Fsp3) is 0.409. The fourth-order valence-electron chi connectivity index (χ4n) is 4.33. The summed E-state index contributed by atoms with van der Waals surface area (Å²) in [7, 11) is 0. The van der Waals surface area contributed by atoms with Gasteiger partial charge in [-0.25, -0.2) is 19.7 Å². The third kappa shape index (κ3) is 4.00. The number of carbonyl (C=O) groups excluding carboxylic acids is 1. The summed E-state index contributed by atoms with van der Waals surface area (Å²) in [5.41, 5.74) is 0.299. The number of ether oxygens (including phenoxy) is 1. The van der Waals surface area contributed by atoms with E-state index in [1.165, 1.54) is 11.2 Å². The number of amides is 1. The average Bonchev–Trinajstić information content (AvgIpc) is 2.96. The third-order valence-electron chi connectivity index (χ3n) is 5.59. The summed E-state index contributed by atoms with van der Waals surface area (Å²) in [5.74, 6) is 0.558. The lowest BCUT2D eigenvalue weighted by atomic mass is 9.89. The van der Waals surface area contributed by atoms with E-state index in [2.05, 4.69) is 25.3 Å². The van der Waals surface area contributed by atoms with E-state index in [1.54, 1.807) is 24.3 Å². The van der Waals surface area contributed by atoms with Gasteiger partial charge in [-0.3, -0.25) is 4.79 Å². The van der Waals surface area contributed by atoms with Gasteiger partial charge in [0.25, 0.3) is 5.56 Å². The van der Waals surface area contributed by atoms with Crippen molar-refractivity contribution < 1.29 is 9.53 Å². The number of H-pyrrole nitrogens is 1. The first-order valence-electron chi connectivity index (χ1n) is 10.4. The van der Waals surface area contributed by atoms with E-state index in [9.17, 15) is 9.59 Å². The van der Waals surface area contributed by atoms with Crippen molar-refractivity contribution in [1.29, 1.82) is 0 Å². The highest BCUT2D eigenvalue weighted by Gasteiger charge is 2.51. The van der Waals surface area contributed by atoms with Crippen molar-refractivity contribution in [1.82, 2.24) is 19.9 Å². The quantitative estimate of drug-likeness (QED) is 0.588. The molecule has 2 atom stereocenters. The van der Waals surface area contributed by atoms with Crippen LogP contribution in [0.15, 0.2) is 35.4 Å². The number of halogens is 1. The molecule has 1 amide bonds. The Kier molecular flexibility index (Phi) is 5.54. The molecular weight excluding hydrogens is 432 g/mol. The first kappa shape index (κ1) is 22.0. The Labute approximate surface area is 190 Å². The van der Waals surface area contributed by atoms with Crippen LogP contribution in [-0.4, -0.2) is 37.7 Å². The van der Waals surface area contributed by atoms with Gasteiger partial charge in [-0.2, -0.15) is 4.98 Å². The first-order valence-corrected chi connectivity index (χ1v) is 10.7. The van der Waals surface area contributed by atoms with Gasteiger partial charge < -0.3 is 15.0 Å². The van der Waals surface area contributed by atoms with Gasteiger partial charge in [-0.05, 0) is 51.0 Å². The number of aromatic nitrogens is 4. The number of rotatable bonds is 5. The Balaban J connectivity index is 1.63. The van der Waals surface area contributed by atoms with Crippen LogP contribution < -0.4 is 15.8 Å². The lowest BCUT2D eigenvalue weighted by Crippen LogP contribution is -2.46. The largest absolute Gasteiger partial charge is 0.441 e. The van der Waals surface area contributed by atoms with Gasteiger partial charge in [0.1, 0.15) is 11.9 Å². The van der Waals surface area contributed by atoms with E-state index in [-0.39, 0.29) is 29.4 Å². The maximum Gasteiger partial charge on any atom is 0.417 e. The van der Waals surface area contributed by atoms with Crippen molar-refractivity contribution >= 4 is 40.5 Å². The smallest absolute Gasteiger partial charge is 0.417 e. The van der Waals surface area contributed by atoms with Crippen LogP contribution in [0.1, 0.15) is 46.2 Å². The van der Waals surface area contributed by atoms with E-state index < -0.39 is 17.7 Å². The molecule has 10 heteroatoms. The van der Waals surface area contributed by atoms with Gasteiger partial charge in [0.05, 0.1) is 12.1 Å². The number of cyclic esters (lactones) is 1. The molecular formula is C22H25ClN6O3. The topological polar surface area (TPSA) is 113 Å². The highest BCUT2D eigenvalue weighted by atomic mass is 35.5. The van der Waals surface area contributed by atoms with Crippen LogP contribution in [0, 0.1) is 5.92 Å². The van der Waals surface area contributed by atoms with Crippen LogP contribution in [0.2, 0.25) is 5.02 Å².